The first-order valence-electron chi connectivity index (χ1n) is 5.21. The first-order valence-corrected chi connectivity index (χ1v) is 6.49. The number of piperazine rings is 1. The Morgan fingerprint density at radius 2 is 2.38 bits per heavy atom. The van der Waals surface area contributed by atoms with Gasteiger partial charge in [0.1, 0.15) is 0 Å². The molecule has 2 unspecified atom stereocenters. The molecule has 1 saturated heterocycles. The summed E-state index contributed by atoms with van der Waals surface area (Å²) in [4.78, 5) is 2.58. The Kier molecular flexibility index (Phi) is 5.14. The van der Waals surface area contributed by atoms with E-state index in [1.807, 2.05) is 11.8 Å². The number of nitrogens with zero attached hydrogens (tertiary/aromatic N) is 1. The van der Waals surface area contributed by atoms with Crippen molar-refractivity contribution in [2.75, 3.05) is 32.4 Å². The summed E-state index contributed by atoms with van der Waals surface area (Å²) in [6.07, 6.45) is 3.53. The zero-order valence-corrected chi connectivity index (χ0v) is 9.86. The van der Waals surface area contributed by atoms with Crippen LogP contribution in [0.5, 0.6) is 0 Å². The highest BCUT2D eigenvalue weighted by molar-refractivity contribution is 7.99. The van der Waals surface area contributed by atoms with Gasteiger partial charge in [-0.2, -0.15) is 11.8 Å². The molecule has 0 aromatic heterocycles. The van der Waals surface area contributed by atoms with Gasteiger partial charge in [0.2, 0.25) is 0 Å². The molecule has 1 aliphatic rings. The molecule has 0 aliphatic carbocycles. The Hall–Kier alpha value is 0.270. The fraction of sp³-hybridized carbons (Fsp3) is 1.00. The number of nitrogens with one attached hydrogen (secondary N) is 1. The monoisotopic (exact) mass is 202 g/mol. The number of thioether (sulfide) groups is 1. The number of hydrogen-bond acceptors (Lipinski definition) is 3. The van der Waals surface area contributed by atoms with Gasteiger partial charge in [-0.3, -0.25) is 0 Å². The van der Waals surface area contributed by atoms with Crippen LogP contribution in [0.4, 0.5) is 0 Å². The third kappa shape index (κ3) is 4.34. The first kappa shape index (κ1) is 11.3. The highest BCUT2D eigenvalue weighted by Crippen LogP contribution is 2.11. The minimum atomic E-state index is 0.679. The standard InChI is InChI=1S/C10H22N2S/c1-9-8-12(7-5-11-9)6-4-10(2)13-3/h9-11H,4-8H2,1-3H3. The highest BCUT2D eigenvalue weighted by atomic mass is 32.2. The number of hydrogen-bond donors (Lipinski definition) is 1. The fourth-order valence-corrected chi connectivity index (χ4v) is 2.04. The van der Waals surface area contributed by atoms with E-state index in [2.05, 4.69) is 30.3 Å². The zero-order valence-electron chi connectivity index (χ0n) is 9.05. The summed E-state index contributed by atoms with van der Waals surface area (Å²) in [5.41, 5.74) is 0. The summed E-state index contributed by atoms with van der Waals surface area (Å²) in [5.74, 6) is 0. The highest BCUT2D eigenvalue weighted by Gasteiger charge is 2.15. The molecule has 0 aromatic carbocycles. The van der Waals surface area contributed by atoms with E-state index >= 15 is 0 Å². The van der Waals surface area contributed by atoms with Crippen LogP contribution in [0.3, 0.4) is 0 Å². The SMILES string of the molecule is CSC(C)CCN1CCNC(C)C1. The minimum Gasteiger partial charge on any atom is -0.312 e. The van der Waals surface area contributed by atoms with E-state index < -0.39 is 0 Å². The third-order valence-corrected chi connectivity index (χ3v) is 3.75. The topological polar surface area (TPSA) is 15.3 Å². The summed E-state index contributed by atoms with van der Waals surface area (Å²) >= 11 is 1.97. The molecule has 1 heterocycles. The Morgan fingerprint density at radius 1 is 1.62 bits per heavy atom. The molecule has 1 rings (SSSR count). The summed E-state index contributed by atoms with van der Waals surface area (Å²) in [5, 5.41) is 4.28. The van der Waals surface area contributed by atoms with Gasteiger partial charge in [-0.25, -0.2) is 0 Å². The van der Waals surface area contributed by atoms with Gasteiger partial charge >= 0.3 is 0 Å². The van der Waals surface area contributed by atoms with Crippen molar-refractivity contribution in [1.29, 1.82) is 0 Å². The largest absolute Gasteiger partial charge is 0.312 e. The van der Waals surface area contributed by atoms with Crippen LogP contribution in [0.15, 0.2) is 0 Å². The molecule has 2 atom stereocenters. The van der Waals surface area contributed by atoms with Gasteiger partial charge in [0.15, 0.2) is 0 Å². The van der Waals surface area contributed by atoms with Crippen LogP contribution in [0.1, 0.15) is 20.3 Å². The molecule has 0 aromatic rings. The van der Waals surface area contributed by atoms with Crippen LogP contribution >= 0.6 is 11.8 Å². The van der Waals surface area contributed by atoms with Crippen molar-refractivity contribution >= 4 is 11.8 Å². The molecule has 1 aliphatic heterocycles. The average molecular weight is 202 g/mol. The van der Waals surface area contributed by atoms with Crippen molar-refractivity contribution in [2.45, 2.75) is 31.6 Å². The van der Waals surface area contributed by atoms with Crippen molar-refractivity contribution in [1.82, 2.24) is 10.2 Å². The molecule has 0 amide bonds. The average Bonchev–Trinajstić information content (AvgIpc) is 2.14. The van der Waals surface area contributed by atoms with Gasteiger partial charge in [0.25, 0.3) is 0 Å². The van der Waals surface area contributed by atoms with Gasteiger partial charge in [-0.15, -0.1) is 0 Å². The molecule has 0 saturated carbocycles. The molecule has 2 nitrogen and oxygen atoms in total. The predicted molar refractivity (Wildman–Crippen MR) is 61.5 cm³/mol. The number of rotatable bonds is 4. The zero-order chi connectivity index (χ0) is 9.68. The molecule has 13 heavy (non-hydrogen) atoms. The third-order valence-electron chi connectivity index (χ3n) is 2.71. The molecule has 1 fully saturated rings. The molecule has 0 spiro atoms. The summed E-state index contributed by atoms with van der Waals surface area (Å²) in [6.45, 7) is 9.47. The lowest BCUT2D eigenvalue weighted by molar-refractivity contribution is 0.205. The normalized spacial score (nSPS) is 27.5. The van der Waals surface area contributed by atoms with Crippen LogP contribution in [0.25, 0.3) is 0 Å². The molecular formula is C10H22N2S. The van der Waals surface area contributed by atoms with Crippen LogP contribution in [0.2, 0.25) is 0 Å². The Bertz CT molecular complexity index is 141. The van der Waals surface area contributed by atoms with Gasteiger partial charge in [0.05, 0.1) is 0 Å². The Morgan fingerprint density at radius 3 is 3.00 bits per heavy atom. The van der Waals surface area contributed by atoms with Gasteiger partial charge in [-0.05, 0) is 26.1 Å². The van der Waals surface area contributed by atoms with E-state index in [9.17, 15) is 0 Å². The fourth-order valence-electron chi connectivity index (χ4n) is 1.70. The molecule has 1 N–H and O–H groups in total. The quantitative estimate of drug-likeness (QED) is 0.742. The predicted octanol–water partition coefficient (Wildman–Crippen LogP) is 1.42. The summed E-state index contributed by atoms with van der Waals surface area (Å²) < 4.78 is 0. The van der Waals surface area contributed by atoms with E-state index in [0.717, 1.165) is 11.8 Å². The van der Waals surface area contributed by atoms with Crippen molar-refractivity contribution in [2.24, 2.45) is 0 Å². The Balaban J connectivity index is 2.13. The van der Waals surface area contributed by atoms with Gasteiger partial charge in [0, 0.05) is 30.9 Å². The maximum Gasteiger partial charge on any atom is 0.0167 e. The maximum atomic E-state index is 3.47. The molecular weight excluding hydrogens is 180 g/mol. The second-order valence-electron chi connectivity index (χ2n) is 3.99. The van der Waals surface area contributed by atoms with E-state index in [4.69, 9.17) is 0 Å². The lowest BCUT2D eigenvalue weighted by Gasteiger charge is -2.32. The molecule has 0 radical (unpaired) electrons. The van der Waals surface area contributed by atoms with Crippen molar-refractivity contribution in [3.63, 3.8) is 0 Å². The van der Waals surface area contributed by atoms with Crippen LogP contribution < -0.4 is 5.32 Å². The molecule has 78 valence electrons. The van der Waals surface area contributed by atoms with Crippen molar-refractivity contribution < 1.29 is 0 Å². The summed E-state index contributed by atoms with van der Waals surface area (Å²) in [7, 11) is 0. The van der Waals surface area contributed by atoms with Gasteiger partial charge < -0.3 is 10.2 Å². The summed E-state index contributed by atoms with van der Waals surface area (Å²) in [6, 6.07) is 0.679. The van der Waals surface area contributed by atoms with Crippen molar-refractivity contribution in [3.8, 4) is 0 Å². The lowest BCUT2D eigenvalue weighted by Crippen LogP contribution is -2.49. The lowest BCUT2D eigenvalue weighted by atomic mass is 10.2. The minimum absolute atomic E-state index is 0.679. The van der Waals surface area contributed by atoms with Gasteiger partial charge in [-0.1, -0.05) is 6.92 Å². The van der Waals surface area contributed by atoms with E-state index in [-0.39, 0.29) is 0 Å². The second kappa shape index (κ2) is 5.89. The Labute approximate surface area is 86.5 Å². The van der Waals surface area contributed by atoms with Crippen LogP contribution in [0, 0.1) is 0 Å². The van der Waals surface area contributed by atoms with Crippen molar-refractivity contribution in [3.05, 3.63) is 0 Å². The first-order chi connectivity index (χ1) is 6.22. The van der Waals surface area contributed by atoms with Crippen LogP contribution in [-0.2, 0) is 0 Å². The van der Waals surface area contributed by atoms with Crippen LogP contribution in [-0.4, -0.2) is 48.6 Å². The van der Waals surface area contributed by atoms with E-state index in [1.54, 1.807) is 0 Å². The van der Waals surface area contributed by atoms with E-state index in [0.29, 0.717) is 6.04 Å². The molecule has 0 bridgehead atoms. The molecule has 3 heteroatoms. The second-order valence-corrected chi connectivity index (χ2v) is 5.27. The smallest absolute Gasteiger partial charge is 0.0167 e. The maximum absolute atomic E-state index is 3.47. The van der Waals surface area contributed by atoms with E-state index in [1.165, 1.54) is 26.1 Å².